The number of alkyl halides is 1. The zero-order valence-electron chi connectivity index (χ0n) is 10.3. The number of imide groups is 1. The van der Waals surface area contributed by atoms with Crippen LogP contribution in [0.15, 0.2) is 43.0 Å². The molecule has 1 saturated heterocycles. The van der Waals surface area contributed by atoms with Gasteiger partial charge in [0.2, 0.25) is 0 Å². The largest absolute Gasteiger partial charge is 0.444 e. The Bertz CT molecular complexity index is 489. The molecule has 0 N–H and O–H groups in total. The minimum absolute atomic E-state index is 0.0167. The van der Waals surface area contributed by atoms with Gasteiger partial charge in [0.15, 0.2) is 6.17 Å². The number of hydrogen-bond acceptors (Lipinski definition) is 3. The Morgan fingerprint density at radius 1 is 1.47 bits per heavy atom. The molecule has 2 amide bonds. The van der Waals surface area contributed by atoms with Crippen molar-refractivity contribution in [2.24, 2.45) is 5.92 Å². The van der Waals surface area contributed by atoms with Crippen molar-refractivity contribution in [3.63, 3.8) is 0 Å². The van der Waals surface area contributed by atoms with Crippen molar-refractivity contribution in [1.29, 1.82) is 0 Å². The molecule has 0 saturated carbocycles. The molecule has 4 nitrogen and oxygen atoms in total. The van der Waals surface area contributed by atoms with Gasteiger partial charge in [0.1, 0.15) is 6.61 Å². The molecule has 0 radical (unpaired) electrons. The summed E-state index contributed by atoms with van der Waals surface area (Å²) in [6, 6.07) is 9.07. The molecule has 0 aliphatic carbocycles. The van der Waals surface area contributed by atoms with Crippen LogP contribution in [0.5, 0.6) is 0 Å². The first-order valence-corrected chi connectivity index (χ1v) is 5.92. The van der Waals surface area contributed by atoms with Gasteiger partial charge in [-0.1, -0.05) is 36.4 Å². The van der Waals surface area contributed by atoms with Crippen LogP contribution in [0.2, 0.25) is 0 Å². The first kappa shape index (κ1) is 13.3. The van der Waals surface area contributed by atoms with E-state index >= 15 is 0 Å². The normalized spacial score (nSPS) is 22.4. The highest BCUT2D eigenvalue weighted by molar-refractivity contribution is 5.96. The van der Waals surface area contributed by atoms with Crippen LogP contribution in [0.1, 0.15) is 5.56 Å². The Kier molecular flexibility index (Phi) is 3.94. The zero-order chi connectivity index (χ0) is 13.8. The van der Waals surface area contributed by atoms with Gasteiger partial charge in [-0.2, -0.15) is 0 Å². The summed E-state index contributed by atoms with van der Waals surface area (Å²) in [7, 11) is 0. The van der Waals surface area contributed by atoms with Gasteiger partial charge < -0.3 is 4.74 Å². The van der Waals surface area contributed by atoms with Gasteiger partial charge in [-0.25, -0.2) is 14.1 Å². The van der Waals surface area contributed by atoms with Crippen molar-refractivity contribution in [2.75, 3.05) is 6.54 Å². The lowest BCUT2D eigenvalue weighted by Gasteiger charge is -2.13. The second-order valence-electron chi connectivity index (χ2n) is 4.29. The van der Waals surface area contributed by atoms with E-state index in [-0.39, 0.29) is 13.2 Å². The Balaban J connectivity index is 1.94. The topological polar surface area (TPSA) is 46.6 Å². The first-order valence-electron chi connectivity index (χ1n) is 5.92. The number of nitrogens with zero attached hydrogens (tertiary/aromatic N) is 1. The van der Waals surface area contributed by atoms with Crippen molar-refractivity contribution < 1.29 is 18.7 Å². The van der Waals surface area contributed by atoms with Crippen molar-refractivity contribution in [1.82, 2.24) is 4.90 Å². The number of hydrogen-bond donors (Lipinski definition) is 0. The highest BCUT2D eigenvalue weighted by atomic mass is 19.1. The molecule has 1 aliphatic rings. The predicted octanol–water partition coefficient (Wildman–Crippen LogP) is 2.31. The van der Waals surface area contributed by atoms with E-state index < -0.39 is 24.1 Å². The van der Waals surface area contributed by atoms with Gasteiger partial charge in [-0.05, 0) is 5.56 Å². The fourth-order valence-electron chi connectivity index (χ4n) is 1.88. The maximum atomic E-state index is 13.5. The minimum Gasteiger partial charge on any atom is -0.444 e. The molecule has 100 valence electrons. The number of ether oxygens (including phenoxy) is 1. The predicted molar refractivity (Wildman–Crippen MR) is 66.9 cm³/mol. The van der Waals surface area contributed by atoms with E-state index in [2.05, 4.69) is 6.58 Å². The second-order valence-corrected chi connectivity index (χ2v) is 4.29. The maximum absolute atomic E-state index is 13.5. The number of carbonyl (C=O) groups excluding carboxylic acids is 2. The number of rotatable bonds is 3. The van der Waals surface area contributed by atoms with Crippen molar-refractivity contribution in [2.45, 2.75) is 12.8 Å². The molecule has 0 spiro atoms. The van der Waals surface area contributed by atoms with E-state index in [4.69, 9.17) is 4.74 Å². The van der Waals surface area contributed by atoms with Gasteiger partial charge in [-0.3, -0.25) is 4.79 Å². The Morgan fingerprint density at radius 2 is 2.16 bits per heavy atom. The molecule has 0 bridgehead atoms. The van der Waals surface area contributed by atoms with E-state index in [0.29, 0.717) is 0 Å². The summed E-state index contributed by atoms with van der Waals surface area (Å²) in [5, 5.41) is 0. The van der Waals surface area contributed by atoms with E-state index in [1.807, 2.05) is 18.2 Å². The lowest BCUT2D eigenvalue weighted by Crippen LogP contribution is -2.34. The highest BCUT2D eigenvalue weighted by Crippen LogP contribution is 2.23. The summed E-state index contributed by atoms with van der Waals surface area (Å²) in [5.41, 5.74) is 0.805. The second kappa shape index (κ2) is 5.65. The van der Waals surface area contributed by atoms with Crippen molar-refractivity contribution in [3.8, 4) is 0 Å². The lowest BCUT2D eigenvalue weighted by molar-refractivity contribution is -0.130. The minimum atomic E-state index is -1.71. The molecule has 1 heterocycles. The third kappa shape index (κ3) is 2.81. The fourth-order valence-corrected chi connectivity index (χ4v) is 1.88. The summed E-state index contributed by atoms with van der Waals surface area (Å²) in [4.78, 5) is 24.0. The molecule has 1 fully saturated rings. The summed E-state index contributed by atoms with van der Waals surface area (Å²) in [6.07, 6.45) is -1.19. The number of carbonyl (C=O) groups is 2. The highest BCUT2D eigenvalue weighted by Gasteiger charge is 2.42. The standard InChI is InChI=1S/C14H14FNO3/c1-2-11-8-16(13(17)12(11)15)14(18)19-9-10-6-4-3-5-7-10/h2-7,11-12H,1,8-9H2. The molecule has 1 aromatic rings. The van der Waals surface area contributed by atoms with Crippen molar-refractivity contribution >= 4 is 12.0 Å². The molecule has 2 rings (SSSR count). The van der Waals surface area contributed by atoms with Crippen LogP contribution in [0.3, 0.4) is 0 Å². The maximum Gasteiger partial charge on any atom is 0.416 e. The fraction of sp³-hybridized carbons (Fsp3) is 0.286. The summed E-state index contributed by atoms with van der Waals surface area (Å²) >= 11 is 0. The molecule has 2 unspecified atom stereocenters. The van der Waals surface area contributed by atoms with Crippen LogP contribution < -0.4 is 0 Å². The van der Waals surface area contributed by atoms with Crippen molar-refractivity contribution in [3.05, 3.63) is 48.6 Å². The van der Waals surface area contributed by atoms with E-state index in [0.717, 1.165) is 10.5 Å². The summed E-state index contributed by atoms with van der Waals surface area (Å²) < 4.78 is 18.5. The van der Waals surface area contributed by atoms with Gasteiger partial charge in [0, 0.05) is 12.5 Å². The molecule has 2 atom stereocenters. The van der Waals surface area contributed by atoms with E-state index in [9.17, 15) is 14.0 Å². The van der Waals surface area contributed by atoms with Crippen LogP contribution in [-0.2, 0) is 16.1 Å². The van der Waals surface area contributed by atoms with Gasteiger partial charge >= 0.3 is 6.09 Å². The zero-order valence-corrected chi connectivity index (χ0v) is 10.3. The summed E-state index contributed by atoms with van der Waals surface area (Å²) in [5.74, 6) is -1.51. The quantitative estimate of drug-likeness (QED) is 0.786. The Hall–Kier alpha value is -2.17. The van der Waals surface area contributed by atoms with Crippen LogP contribution in [-0.4, -0.2) is 29.6 Å². The molecular formula is C14H14FNO3. The average molecular weight is 263 g/mol. The molecular weight excluding hydrogens is 249 g/mol. The summed E-state index contributed by atoms with van der Waals surface area (Å²) in [6.45, 7) is 3.48. The number of amides is 2. The third-order valence-electron chi connectivity index (χ3n) is 3.00. The number of halogens is 1. The molecule has 19 heavy (non-hydrogen) atoms. The van der Waals surface area contributed by atoms with Crippen LogP contribution in [0.4, 0.5) is 9.18 Å². The van der Waals surface area contributed by atoms with E-state index in [1.165, 1.54) is 6.08 Å². The molecule has 1 aromatic carbocycles. The Labute approximate surface area is 110 Å². The van der Waals surface area contributed by atoms with Crippen LogP contribution in [0, 0.1) is 5.92 Å². The first-order chi connectivity index (χ1) is 9.13. The molecule has 0 aromatic heterocycles. The third-order valence-corrected chi connectivity index (χ3v) is 3.00. The average Bonchev–Trinajstić information content (AvgIpc) is 2.73. The van der Waals surface area contributed by atoms with Crippen LogP contribution in [0.25, 0.3) is 0 Å². The monoisotopic (exact) mass is 263 g/mol. The van der Waals surface area contributed by atoms with Gasteiger partial charge in [0.25, 0.3) is 5.91 Å². The van der Waals surface area contributed by atoms with Gasteiger partial charge in [-0.15, -0.1) is 6.58 Å². The number of likely N-dealkylation sites (tertiary alicyclic amines) is 1. The van der Waals surface area contributed by atoms with E-state index in [1.54, 1.807) is 12.1 Å². The molecule has 5 heteroatoms. The lowest BCUT2D eigenvalue weighted by atomic mass is 10.1. The van der Waals surface area contributed by atoms with Gasteiger partial charge in [0.05, 0.1) is 0 Å². The molecule has 1 aliphatic heterocycles. The SMILES string of the molecule is C=CC1CN(C(=O)OCc2ccccc2)C(=O)C1F. The number of benzene rings is 1. The van der Waals surface area contributed by atoms with Crippen LogP contribution >= 0.6 is 0 Å². The smallest absolute Gasteiger partial charge is 0.416 e. The Morgan fingerprint density at radius 3 is 2.74 bits per heavy atom.